The van der Waals surface area contributed by atoms with Gasteiger partial charge in [-0.25, -0.2) is 4.98 Å². The van der Waals surface area contributed by atoms with Gasteiger partial charge < -0.3 is 4.57 Å². The van der Waals surface area contributed by atoms with Crippen molar-refractivity contribution in [2.75, 3.05) is 13.1 Å². The summed E-state index contributed by atoms with van der Waals surface area (Å²) in [7, 11) is 0. The van der Waals surface area contributed by atoms with Crippen LogP contribution in [-0.2, 0) is 13.0 Å². The third-order valence-electron chi connectivity index (χ3n) is 4.19. The molecule has 1 unspecified atom stereocenters. The van der Waals surface area contributed by atoms with E-state index in [0.717, 1.165) is 31.6 Å². The number of hydrogen-bond donors (Lipinski definition) is 0. The fourth-order valence-corrected chi connectivity index (χ4v) is 3.63. The first-order chi connectivity index (χ1) is 9.74. The maximum atomic E-state index is 6.33. The van der Waals surface area contributed by atoms with Crippen molar-refractivity contribution in [1.29, 1.82) is 0 Å². The lowest BCUT2D eigenvalue weighted by atomic mass is 9.99. The predicted octanol–water partition coefficient (Wildman–Crippen LogP) is 3.74. The smallest absolute Gasteiger partial charge is 0.203 e. The molecule has 1 atom stereocenters. The molecule has 0 saturated heterocycles. The summed E-state index contributed by atoms with van der Waals surface area (Å²) < 4.78 is 2.19. The minimum Gasteiger partial charge on any atom is -0.313 e. The summed E-state index contributed by atoms with van der Waals surface area (Å²) >= 11 is 6.33. The Balaban J connectivity index is 1.95. The van der Waals surface area contributed by atoms with Gasteiger partial charge in [0.1, 0.15) is 0 Å². The molecule has 0 amide bonds. The van der Waals surface area contributed by atoms with Gasteiger partial charge in [0.2, 0.25) is 5.28 Å². The van der Waals surface area contributed by atoms with Crippen LogP contribution in [0.1, 0.15) is 32.3 Å². The highest BCUT2D eigenvalue weighted by Gasteiger charge is 2.26. The molecular formula is C16H22ClN3. The van der Waals surface area contributed by atoms with E-state index in [0.29, 0.717) is 11.3 Å². The van der Waals surface area contributed by atoms with E-state index in [1.54, 1.807) is 0 Å². The average molecular weight is 292 g/mol. The van der Waals surface area contributed by atoms with Crippen molar-refractivity contribution in [3.8, 4) is 0 Å². The highest BCUT2D eigenvalue weighted by Crippen LogP contribution is 2.30. The summed E-state index contributed by atoms with van der Waals surface area (Å²) in [4.78, 5) is 7.09. The van der Waals surface area contributed by atoms with E-state index < -0.39 is 0 Å². The first-order valence-electron chi connectivity index (χ1n) is 7.62. The van der Waals surface area contributed by atoms with Gasteiger partial charge in [0, 0.05) is 12.6 Å². The molecule has 0 aliphatic carbocycles. The van der Waals surface area contributed by atoms with Crippen molar-refractivity contribution in [2.24, 2.45) is 0 Å². The van der Waals surface area contributed by atoms with E-state index in [9.17, 15) is 0 Å². The molecule has 20 heavy (non-hydrogen) atoms. The van der Waals surface area contributed by atoms with Gasteiger partial charge in [-0.3, -0.25) is 4.90 Å². The zero-order valence-corrected chi connectivity index (χ0v) is 13.0. The van der Waals surface area contributed by atoms with Crippen LogP contribution >= 0.6 is 11.6 Å². The van der Waals surface area contributed by atoms with Gasteiger partial charge in [0.05, 0.1) is 11.0 Å². The zero-order valence-electron chi connectivity index (χ0n) is 12.3. The van der Waals surface area contributed by atoms with Crippen molar-refractivity contribution in [3.05, 3.63) is 29.0 Å². The molecule has 0 N–H and O–H groups in total. The number of halogens is 1. The molecule has 0 saturated carbocycles. The minimum atomic E-state index is 0.541. The molecule has 3 nitrogen and oxygen atoms in total. The van der Waals surface area contributed by atoms with E-state index in [4.69, 9.17) is 11.6 Å². The lowest BCUT2D eigenvalue weighted by Crippen LogP contribution is -2.42. The number of aromatic nitrogens is 2. The molecule has 2 aromatic rings. The van der Waals surface area contributed by atoms with E-state index in [-0.39, 0.29) is 0 Å². The highest BCUT2D eigenvalue weighted by atomic mass is 35.5. The van der Waals surface area contributed by atoms with Gasteiger partial charge in [-0.15, -0.1) is 0 Å². The standard InChI is InChI=1S/C16H22ClN3/c1-3-8-19(9-4-2)13-10-12-6-5-7-14-15(12)20(11-13)16(17)18-14/h5-7,13H,3-4,8-11H2,1-2H3. The molecule has 0 fully saturated rings. The van der Waals surface area contributed by atoms with Crippen LogP contribution in [0.25, 0.3) is 11.0 Å². The Morgan fingerprint density at radius 1 is 1.30 bits per heavy atom. The van der Waals surface area contributed by atoms with Gasteiger partial charge in [0.15, 0.2) is 0 Å². The topological polar surface area (TPSA) is 21.1 Å². The molecule has 1 aliphatic heterocycles. The highest BCUT2D eigenvalue weighted by molar-refractivity contribution is 6.29. The van der Waals surface area contributed by atoms with Crippen molar-refractivity contribution in [1.82, 2.24) is 14.5 Å². The maximum absolute atomic E-state index is 6.33. The first-order valence-corrected chi connectivity index (χ1v) is 8.00. The molecule has 1 aromatic heterocycles. The Labute approximate surface area is 125 Å². The summed E-state index contributed by atoms with van der Waals surface area (Å²) in [5.74, 6) is 0. The summed E-state index contributed by atoms with van der Waals surface area (Å²) in [6.45, 7) is 7.79. The number of hydrogen-bond acceptors (Lipinski definition) is 2. The molecular weight excluding hydrogens is 270 g/mol. The molecule has 4 heteroatoms. The second kappa shape index (κ2) is 5.74. The fourth-order valence-electron chi connectivity index (χ4n) is 3.39. The monoisotopic (exact) mass is 291 g/mol. The normalized spacial score (nSPS) is 18.1. The van der Waals surface area contributed by atoms with E-state index in [1.807, 2.05) is 0 Å². The number of nitrogens with zero attached hydrogens (tertiary/aromatic N) is 3. The van der Waals surface area contributed by atoms with E-state index in [2.05, 4.69) is 46.5 Å². The van der Waals surface area contributed by atoms with E-state index >= 15 is 0 Å². The average Bonchev–Trinajstić information content (AvgIpc) is 2.77. The Kier molecular flexibility index (Phi) is 3.99. The largest absolute Gasteiger partial charge is 0.313 e. The number of benzene rings is 1. The van der Waals surface area contributed by atoms with Crippen molar-refractivity contribution in [3.63, 3.8) is 0 Å². The minimum absolute atomic E-state index is 0.541. The number of para-hydroxylation sites is 1. The maximum Gasteiger partial charge on any atom is 0.203 e. The van der Waals surface area contributed by atoms with Crippen molar-refractivity contribution < 1.29 is 0 Å². The molecule has 3 rings (SSSR count). The summed E-state index contributed by atoms with van der Waals surface area (Å²) in [6.07, 6.45) is 3.51. The predicted molar refractivity (Wildman–Crippen MR) is 84.4 cm³/mol. The van der Waals surface area contributed by atoms with Crippen LogP contribution in [-0.4, -0.2) is 33.6 Å². The van der Waals surface area contributed by atoms with Crippen LogP contribution in [0.5, 0.6) is 0 Å². The third-order valence-corrected chi connectivity index (χ3v) is 4.48. The van der Waals surface area contributed by atoms with Gasteiger partial charge in [-0.2, -0.15) is 0 Å². The molecule has 108 valence electrons. The molecule has 0 radical (unpaired) electrons. The lowest BCUT2D eigenvalue weighted by molar-refractivity contribution is 0.174. The van der Waals surface area contributed by atoms with Gasteiger partial charge in [0.25, 0.3) is 0 Å². The number of rotatable bonds is 5. The molecule has 2 heterocycles. The summed E-state index contributed by atoms with van der Waals surface area (Å²) in [6, 6.07) is 6.91. The Hall–Kier alpha value is -1.06. The Bertz CT molecular complexity index is 599. The zero-order chi connectivity index (χ0) is 14.1. The van der Waals surface area contributed by atoms with Crippen molar-refractivity contribution in [2.45, 2.75) is 45.7 Å². The number of imidazole rings is 1. The fraction of sp³-hybridized carbons (Fsp3) is 0.562. The van der Waals surface area contributed by atoms with Crippen LogP contribution < -0.4 is 0 Å². The lowest BCUT2D eigenvalue weighted by Gasteiger charge is -2.34. The van der Waals surface area contributed by atoms with Gasteiger partial charge >= 0.3 is 0 Å². The SMILES string of the molecule is CCCN(CCC)C1Cc2cccc3nc(Cl)n(c23)C1. The summed E-state index contributed by atoms with van der Waals surface area (Å²) in [5.41, 5.74) is 3.65. The van der Waals surface area contributed by atoms with Crippen LogP contribution in [0.15, 0.2) is 18.2 Å². The van der Waals surface area contributed by atoms with Crippen LogP contribution in [0.2, 0.25) is 5.28 Å². The second-order valence-electron chi connectivity index (χ2n) is 5.67. The molecule has 1 aliphatic rings. The van der Waals surface area contributed by atoms with Gasteiger partial charge in [-0.1, -0.05) is 26.0 Å². The Morgan fingerprint density at radius 2 is 2.05 bits per heavy atom. The molecule has 1 aromatic carbocycles. The summed E-state index contributed by atoms with van der Waals surface area (Å²) in [5, 5.41) is 0.630. The third kappa shape index (κ3) is 2.33. The first kappa shape index (κ1) is 13.9. The van der Waals surface area contributed by atoms with Crippen LogP contribution in [0.4, 0.5) is 0 Å². The second-order valence-corrected chi connectivity index (χ2v) is 6.01. The van der Waals surface area contributed by atoms with Gasteiger partial charge in [-0.05, 0) is 55.6 Å². The molecule has 0 spiro atoms. The van der Waals surface area contributed by atoms with Crippen LogP contribution in [0.3, 0.4) is 0 Å². The molecule has 0 bridgehead atoms. The quantitative estimate of drug-likeness (QED) is 0.837. The van der Waals surface area contributed by atoms with Crippen molar-refractivity contribution >= 4 is 22.6 Å². The Morgan fingerprint density at radius 3 is 2.75 bits per heavy atom. The van der Waals surface area contributed by atoms with Crippen LogP contribution in [0, 0.1) is 0 Å². The van der Waals surface area contributed by atoms with E-state index in [1.165, 1.54) is 23.9 Å².